The van der Waals surface area contributed by atoms with Gasteiger partial charge in [0.15, 0.2) is 11.5 Å². The Hall–Kier alpha value is -2.05. The number of halogens is 1. The van der Waals surface area contributed by atoms with E-state index in [1.54, 1.807) is 32.0 Å². The molecule has 26 heavy (non-hydrogen) atoms. The number of rotatable bonds is 9. The van der Waals surface area contributed by atoms with Gasteiger partial charge >= 0.3 is 0 Å². The van der Waals surface area contributed by atoms with Crippen LogP contribution in [0.3, 0.4) is 0 Å². The molecule has 0 unspecified atom stereocenters. The largest absolute Gasteiger partial charge is 0.493 e. The summed E-state index contributed by atoms with van der Waals surface area (Å²) in [5.74, 6) is 2.26. The van der Waals surface area contributed by atoms with Gasteiger partial charge in [-0.1, -0.05) is 17.7 Å². The molecule has 140 valence electrons. The van der Waals surface area contributed by atoms with Gasteiger partial charge in [0.25, 0.3) is 0 Å². The number of methoxy groups -OCH3 is 3. The van der Waals surface area contributed by atoms with E-state index in [2.05, 4.69) is 5.32 Å². The first-order valence-corrected chi connectivity index (χ1v) is 9.38. The first-order chi connectivity index (χ1) is 12.6. The smallest absolute Gasteiger partial charge is 0.224 e. The molecule has 0 fully saturated rings. The van der Waals surface area contributed by atoms with E-state index >= 15 is 0 Å². The Labute approximate surface area is 163 Å². The summed E-state index contributed by atoms with van der Waals surface area (Å²) in [6, 6.07) is 11.2. The Balaban J connectivity index is 1.88. The molecule has 5 nitrogen and oxygen atoms in total. The number of hydrogen-bond donors (Lipinski definition) is 1. The van der Waals surface area contributed by atoms with Crippen LogP contribution in [-0.4, -0.2) is 39.5 Å². The molecule has 0 bridgehead atoms. The van der Waals surface area contributed by atoms with Gasteiger partial charge in [-0.2, -0.15) is 0 Å². The molecule has 7 heteroatoms. The number of ether oxygens (including phenoxy) is 3. The van der Waals surface area contributed by atoms with Crippen LogP contribution in [0.2, 0.25) is 5.02 Å². The van der Waals surface area contributed by atoms with Crippen LogP contribution < -0.4 is 19.5 Å². The van der Waals surface area contributed by atoms with Gasteiger partial charge in [-0.15, -0.1) is 11.8 Å². The zero-order valence-corrected chi connectivity index (χ0v) is 16.6. The lowest BCUT2D eigenvalue weighted by molar-refractivity contribution is -0.120. The van der Waals surface area contributed by atoms with Crippen LogP contribution in [0.4, 0.5) is 0 Å². The highest BCUT2D eigenvalue weighted by molar-refractivity contribution is 7.99. The third kappa shape index (κ3) is 5.47. The second-order valence-electron chi connectivity index (χ2n) is 5.32. The molecule has 0 radical (unpaired) electrons. The number of nitrogens with one attached hydrogen (secondary N) is 1. The van der Waals surface area contributed by atoms with E-state index in [1.807, 2.05) is 30.3 Å². The van der Waals surface area contributed by atoms with Crippen molar-refractivity contribution >= 4 is 29.3 Å². The quantitative estimate of drug-likeness (QED) is 0.516. The van der Waals surface area contributed by atoms with Crippen LogP contribution in [-0.2, 0) is 11.2 Å². The van der Waals surface area contributed by atoms with Crippen molar-refractivity contribution in [1.82, 2.24) is 5.32 Å². The molecule has 0 aliphatic heterocycles. The summed E-state index contributed by atoms with van der Waals surface area (Å²) in [4.78, 5) is 13.3. The van der Waals surface area contributed by atoms with Crippen molar-refractivity contribution in [2.24, 2.45) is 0 Å². The van der Waals surface area contributed by atoms with Crippen LogP contribution in [0.1, 0.15) is 5.56 Å². The van der Waals surface area contributed by atoms with Crippen LogP contribution in [0, 0.1) is 0 Å². The van der Waals surface area contributed by atoms with Crippen molar-refractivity contribution in [3.05, 3.63) is 47.0 Å². The van der Waals surface area contributed by atoms with E-state index in [0.29, 0.717) is 28.8 Å². The minimum Gasteiger partial charge on any atom is -0.493 e. The highest BCUT2D eigenvalue weighted by atomic mass is 35.5. The molecule has 0 spiro atoms. The van der Waals surface area contributed by atoms with Gasteiger partial charge in [-0.3, -0.25) is 4.79 Å². The SMILES string of the molecule is COc1ccc(CC(=O)NCCSc2ccc(Cl)cc2)c(OC)c1OC. The van der Waals surface area contributed by atoms with E-state index in [-0.39, 0.29) is 12.3 Å². The number of carbonyl (C=O) groups excluding carboxylic acids is 1. The fourth-order valence-electron chi connectivity index (χ4n) is 2.43. The van der Waals surface area contributed by atoms with E-state index in [0.717, 1.165) is 16.2 Å². The fraction of sp³-hybridized carbons (Fsp3) is 0.316. The van der Waals surface area contributed by atoms with Crippen molar-refractivity contribution in [1.29, 1.82) is 0 Å². The summed E-state index contributed by atoms with van der Waals surface area (Å²) < 4.78 is 16.0. The van der Waals surface area contributed by atoms with Gasteiger partial charge in [-0.05, 0) is 30.3 Å². The maximum absolute atomic E-state index is 12.2. The molecule has 2 rings (SSSR count). The molecule has 0 atom stereocenters. The number of carbonyl (C=O) groups is 1. The molecule has 0 saturated carbocycles. The topological polar surface area (TPSA) is 56.8 Å². The molecular formula is C19H22ClNO4S. The summed E-state index contributed by atoms with van der Waals surface area (Å²) in [7, 11) is 4.64. The molecule has 0 aliphatic rings. The Morgan fingerprint density at radius 3 is 2.31 bits per heavy atom. The van der Waals surface area contributed by atoms with Crippen molar-refractivity contribution < 1.29 is 19.0 Å². The zero-order chi connectivity index (χ0) is 18.9. The molecule has 0 heterocycles. The first kappa shape index (κ1) is 20.3. The maximum atomic E-state index is 12.2. The van der Waals surface area contributed by atoms with Crippen molar-refractivity contribution in [3.8, 4) is 17.2 Å². The lowest BCUT2D eigenvalue weighted by atomic mass is 10.1. The third-order valence-corrected chi connectivity index (χ3v) is 4.91. The average molecular weight is 396 g/mol. The molecular weight excluding hydrogens is 374 g/mol. The normalized spacial score (nSPS) is 10.3. The summed E-state index contributed by atoms with van der Waals surface area (Å²) in [5.41, 5.74) is 0.744. The number of thioether (sulfide) groups is 1. The predicted molar refractivity (Wildman–Crippen MR) is 105 cm³/mol. The van der Waals surface area contributed by atoms with Crippen molar-refractivity contribution in [2.45, 2.75) is 11.3 Å². The van der Waals surface area contributed by atoms with Crippen LogP contribution in [0.15, 0.2) is 41.3 Å². The lowest BCUT2D eigenvalue weighted by Gasteiger charge is -2.15. The van der Waals surface area contributed by atoms with Gasteiger partial charge in [0.05, 0.1) is 27.8 Å². The Kier molecular flexibility index (Phi) is 7.94. The predicted octanol–water partition coefficient (Wildman–Crippen LogP) is 3.82. The van der Waals surface area contributed by atoms with Crippen LogP contribution in [0.25, 0.3) is 0 Å². The molecule has 0 aliphatic carbocycles. The standard InChI is InChI=1S/C19H22ClNO4S/c1-23-16-9-4-13(18(24-2)19(16)25-3)12-17(22)21-10-11-26-15-7-5-14(20)6-8-15/h4-9H,10-12H2,1-3H3,(H,21,22). The average Bonchev–Trinajstić information content (AvgIpc) is 2.66. The zero-order valence-electron chi connectivity index (χ0n) is 15.0. The van der Waals surface area contributed by atoms with Gasteiger partial charge in [0.1, 0.15) is 0 Å². The summed E-state index contributed by atoms with van der Waals surface area (Å²) in [6.07, 6.45) is 0.204. The summed E-state index contributed by atoms with van der Waals surface area (Å²) in [5, 5.41) is 3.63. The Morgan fingerprint density at radius 1 is 1.00 bits per heavy atom. The minimum atomic E-state index is -0.0766. The second kappa shape index (κ2) is 10.2. The molecule has 0 saturated heterocycles. The van der Waals surface area contributed by atoms with E-state index in [4.69, 9.17) is 25.8 Å². The summed E-state index contributed by atoms with van der Waals surface area (Å²) in [6.45, 7) is 0.571. The van der Waals surface area contributed by atoms with Gasteiger partial charge in [-0.25, -0.2) is 0 Å². The number of hydrogen-bond acceptors (Lipinski definition) is 5. The monoisotopic (exact) mass is 395 g/mol. The Bertz CT molecular complexity index is 737. The van der Waals surface area contributed by atoms with Gasteiger partial charge in [0, 0.05) is 27.8 Å². The third-order valence-electron chi connectivity index (χ3n) is 3.64. The second-order valence-corrected chi connectivity index (χ2v) is 6.93. The van der Waals surface area contributed by atoms with E-state index in [1.165, 1.54) is 7.11 Å². The van der Waals surface area contributed by atoms with Crippen molar-refractivity contribution in [2.75, 3.05) is 33.6 Å². The highest BCUT2D eigenvalue weighted by Crippen LogP contribution is 2.39. The molecule has 1 N–H and O–H groups in total. The van der Waals surface area contributed by atoms with Crippen LogP contribution in [0.5, 0.6) is 17.2 Å². The molecule has 0 aromatic heterocycles. The fourth-order valence-corrected chi connectivity index (χ4v) is 3.32. The molecule has 2 aromatic rings. The minimum absolute atomic E-state index is 0.0766. The van der Waals surface area contributed by atoms with E-state index in [9.17, 15) is 4.79 Å². The lowest BCUT2D eigenvalue weighted by Crippen LogP contribution is -2.27. The van der Waals surface area contributed by atoms with E-state index < -0.39 is 0 Å². The number of amides is 1. The number of benzene rings is 2. The first-order valence-electron chi connectivity index (χ1n) is 8.02. The Morgan fingerprint density at radius 2 is 1.69 bits per heavy atom. The highest BCUT2D eigenvalue weighted by Gasteiger charge is 2.17. The molecule has 1 amide bonds. The van der Waals surface area contributed by atoms with Crippen LogP contribution >= 0.6 is 23.4 Å². The molecule has 2 aromatic carbocycles. The van der Waals surface area contributed by atoms with Gasteiger partial charge in [0.2, 0.25) is 11.7 Å². The van der Waals surface area contributed by atoms with Gasteiger partial charge < -0.3 is 19.5 Å². The maximum Gasteiger partial charge on any atom is 0.224 e. The van der Waals surface area contributed by atoms with Crippen molar-refractivity contribution in [3.63, 3.8) is 0 Å². The summed E-state index contributed by atoms with van der Waals surface area (Å²) >= 11 is 7.53.